The fourth-order valence-electron chi connectivity index (χ4n) is 1.55. The quantitative estimate of drug-likeness (QED) is 0.454. The van der Waals surface area contributed by atoms with E-state index < -0.39 is 11.6 Å². The SMILES string of the molecule is CC(C)(C)OOOOC(=O)CC(C)(C)c1ccccc1. The summed E-state index contributed by atoms with van der Waals surface area (Å²) >= 11 is 0. The molecule has 0 spiro atoms. The molecule has 0 bridgehead atoms. The van der Waals surface area contributed by atoms with Crippen molar-refractivity contribution in [1.29, 1.82) is 0 Å². The Morgan fingerprint density at radius 3 is 2.15 bits per heavy atom. The van der Waals surface area contributed by atoms with E-state index in [2.05, 4.69) is 15.0 Å². The fourth-order valence-corrected chi connectivity index (χ4v) is 1.55. The van der Waals surface area contributed by atoms with Crippen LogP contribution in [0.1, 0.15) is 46.6 Å². The molecule has 0 atom stereocenters. The first kappa shape index (κ1) is 16.6. The first-order valence-corrected chi connectivity index (χ1v) is 6.48. The lowest BCUT2D eigenvalue weighted by Crippen LogP contribution is -2.24. The smallest absolute Gasteiger partial charge is 0.267 e. The van der Waals surface area contributed by atoms with Gasteiger partial charge in [-0.3, -0.25) is 4.89 Å². The van der Waals surface area contributed by atoms with Gasteiger partial charge in [-0.25, -0.2) is 4.79 Å². The van der Waals surface area contributed by atoms with Gasteiger partial charge in [0.25, 0.3) is 0 Å². The summed E-state index contributed by atoms with van der Waals surface area (Å²) in [5, 5.41) is 8.63. The maximum Gasteiger partial charge on any atom is 0.346 e. The maximum atomic E-state index is 11.7. The van der Waals surface area contributed by atoms with Crippen LogP contribution in [0.15, 0.2) is 30.3 Å². The molecular weight excluding hydrogens is 260 g/mol. The Balaban J connectivity index is 2.39. The summed E-state index contributed by atoms with van der Waals surface area (Å²) in [6, 6.07) is 9.72. The van der Waals surface area contributed by atoms with Crippen LogP contribution in [0.2, 0.25) is 0 Å². The molecule has 5 heteroatoms. The molecule has 0 aromatic heterocycles. The molecule has 0 saturated heterocycles. The topological polar surface area (TPSA) is 54.0 Å². The highest BCUT2D eigenvalue weighted by Crippen LogP contribution is 2.27. The normalized spacial score (nSPS) is 12.2. The Hall–Kier alpha value is -1.43. The van der Waals surface area contributed by atoms with E-state index in [4.69, 9.17) is 4.89 Å². The Bertz CT molecular complexity index is 420. The summed E-state index contributed by atoms with van der Waals surface area (Å²) in [5.41, 5.74) is 0.145. The van der Waals surface area contributed by atoms with Gasteiger partial charge in [0, 0.05) is 10.5 Å². The van der Waals surface area contributed by atoms with Crippen LogP contribution < -0.4 is 0 Å². The van der Waals surface area contributed by atoms with E-state index in [1.807, 2.05) is 44.2 Å². The minimum Gasteiger partial charge on any atom is -0.267 e. The number of hydrogen-bond acceptors (Lipinski definition) is 5. The van der Waals surface area contributed by atoms with Crippen LogP contribution in [-0.2, 0) is 30.1 Å². The summed E-state index contributed by atoms with van der Waals surface area (Å²) < 4.78 is 0. The molecule has 0 amide bonds. The maximum absolute atomic E-state index is 11.7. The molecule has 1 aromatic carbocycles. The van der Waals surface area contributed by atoms with Crippen LogP contribution in [0, 0.1) is 0 Å². The summed E-state index contributed by atoms with van der Waals surface area (Å²) in [7, 11) is 0. The van der Waals surface area contributed by atoms with Crippen molar-refractivity contribution in [3.63, 3.8) is 0 Å². The molecule has 0 heterocycles. The van der Waals surface area contributed by atoms with E-state index in [1.54, 1.807) is 20.8 Å². The third kappa shape index (κ3) is 6.14. The van der Waals surface area contributed by atoms with E-state index >= 15 is 0 Å². The Kier molecular flexibility index (Phi) is 5.68. The highest BCUT2D eigenvalue weighted by Gasteiger charge is 2.26. The molecule has 1 aromatic rings. The molecular formula is C15H22O5. The monoisotopic (exact) mass is 282 g/mol. The second-order valence-corrected chi connectivity index (χ2v) is 6.21. The van der Waals surface area contributed by atoms with Crippen LogP contribution in [0.25, 0.3) is 0 Å². The second-order valence-electron chi connectivity index (χ2n) is 6.21. The van der Waals surface area contributed by atoms with Crippen molar-refractivity contribution >= 4 is 5.97 Å². The average molecular weight is 282 g/mol. The summed E-state index contributed by atoms with van der Waals surface area (Å²) in [6.07, 6.45) is 0.163. The molecule has 0 N–H and O–H groups in total. The van der Waals surface area contributed by atoms with Crippen molar-refractivity contribution in [2.24, 2.45) is 0 Å². The van der Waals surface area contributed by atoms with Crippen molar-refractivity contribution in [2.45, 2.75) is 52.1 Å². The van der Waals surface area contributed by atoms with Crippen LogP contribution in [0.3, 0.4) is 0 Å². The van der Waals surface area contributed by atoms with Gasteiger partial charge in [-0.15, -0.1) is 0 Å². The molecule has 0 unspecified atom stereocenters. The zero-order valence-electron chi connectivity index (χ0n) is 12.6. The minimum atomic E-state index is -0.546. The van der Waals surface area contributed by atoms with Crippen LogP contribution in [-0.4, -0.2) is 11.6 Å². The zero-order valence-corrected chi connectivity index (χ0v) is 12.6. The van der Waals surface area contributed by atoms with Gasteiger partial charge in [0.1, 0.15) is 0 Å². The Morgan fingerprint density at radius 2 is 1.60 bits per heavy atom. The van der Waals surface area contributed by atoms with Gasteiger partial charge in [-0.05, 0) is 31.4 Å². The average Bonchev–Trinajstić information content (AvgIpc) is 2.34. The number of hydrogen-bond donors (Lipinski definition) is 0. The second kappa shape index (κ2) is 6.83. The van der Waals surface area contributed by atoms with Gasteiger partial charge >= 0.3 is 5.97 Å². The summed E-state index contributed by atoms with van der Waals surface area (Å²) in [6.45, 7) is 9.23. The van der Waals surface area contributed by atoms with E-state index in [0.717, 1.165) is 5.56 Å². The first-order valence-electron chi connectivity index (χ1n) is 6.48. The first-order chi connectivity index (χ1) is 9.21. The van der Waals surface area contributed by atoms with Gasteiger partial charge in [0.2, 0.25) is 0 Å². The summed E-state index contributed by atoms with van der Waals surface area (Å²) in [5.74, 6) is -0.531. The van der Waals surface area contributed by atoms with Gasteiger partial charge in [0.15, 0.2) is 0 Å². The van der Waals surface area contributed by atoms with Crippen LogP contribution in [0.4, 0.5) is 0 Å². The molecule has 20 heavy (non-hydrogen) atoms. The highest BCUT2D eigenvalue weighted by atomic mass is 17.7. The fraction of sp³-hybridized carbons (Fsp3) is 0.533. The molecule has 0 saturated carbocycles. The minimum absolute atomic E-state index is 0.163. The number of benzene rings is 1. The zero-order chi connectivity index (χ0) is 15.2. The van der Waals surface area contributed by atoms with Crippen molar-refractivity contribution in [1.82, 2.24) is 0 Å². The molecule has 112 valence electrons. The van der Waals surface area contributed by atoms with Crippen LogP contribution >= 0.6 is 0 Å². The van der Waals surface area contributed by atoms with Crippen molar-refractivity contribution in [3.8, 4) is 0 Å². The Morgan fingerprint density at radius 1 is 1.00 bits per heavy atom. The van der Waals surface area contributed by atoms with E-state index in [1.165, 1.54) is 0 Å². The lowest BCUT2D eigenvalue weighted by Gasteiger charge is -2.23. The van der Waals surface area contributed by atoms with E-state index in [9.17, 15) is 4.79 Å². The number of carbonyl (C=O) groups excluding carboxylic acids is 1. The van der Waals surface area contributed by atoms with E-state index in [-0.39, 0.29) is 11.8 Å². The number of rotatable bonds is 6. The Labute approximate surface area is 119 Å². The molecule has 0 radical (unpaired) electrons. The van der Waals surface area contributed by atoms with Crippen molar-refractivity contribution in [3.05, 3.63) is 35.9 Å². The van der Waals surface area contributed by atoms with Crippen molar-refractivity contribution in [2.75, 3.05) is 0 Å². The molecule has 0 aliphatic rings. The predicted molar refractivity (Wildman–Crippen MR) is 73.2 cm³/mol. The molecule has 0 fully saturated rings. The molecule has 5 nitrogen and oxygen atoms in total. The van der Waals surface area contributed by atoms with E-state index in [0.29, 0.717) is 0 Å². The molecule has 0 aliphatic heterocycles. The summed E-state index contributed by atoms with van der Waals surface area (Å²) in [4.78, 5) is 21.0. The van der Waals surface area contributed by atoms with Crippen LogP contribution in [0.5, 0.6) is 0 Å². The number of carbonyl (C=O) groups is 1. The third-order valence-electron chi connectivity index (χ3n) is 2.58. The highest BCUT2D eigenvalue weighted by molar-refractivity contribution is 5.70. The van der Waals surface area contributed by atoms with Gasteiger partial charge < -0.3 is 0 Å². The molecule has 1 rings (SSSR count). The van der Waals surface area contributed by atoms with Gasteiger partial charge in [-0.2, -0.15) is 4.89 Å². The third-order valence-corrected chi connectivity index (χ3v) is 2.58. The lowest BCUT2D eigenvalue weighted by molar-refractivity contribution is -0.633. The van der Waals surface area contributed by atoms with Crippen molar-refractivity contribution < 1.29 is 24.6 Å². The largest absolute Gasteiger partial charge is 0.346 e. The molecule has 0 aliphatic carbocycles. The van der Waals surface area contributed by atoms with Gasteiger partial charge in [-0.1, -0.05) is 44.2 Å². The predicted octanol–water partition coefficient (Wildman–Crippen LogP) is 3.49. The van der Waals surface area contributed by atoms with Gasteiger partial charge in [0.05, 0.1) is 12.0 Å². The standard InChI is InChI=1S/C15H22O5/c1-14(2,3)18-20-19-17-13(16)11-15(4,5)12-9-7-6-8-10-12/h6-10H,11H2,1-5H3. The lowest BCUT2D eigenvalue weighted by atomic mass is 9.82.